The highest BCUT2D eigenvalue weighted by atomic mass is 35.5. The van der Waals surface area contributed by atoms with Crippen LogP contribution < -0.4 is 10.6 Å². The van der Waals surface area contributed by atoms with Gasteiger partial charge in [0.2, 0.25) is 5.91 Å². The van der Waals surface area contributed by atoms with Crippen molar-refractivity contribution in [1.82, 2.24) is 20.4 Å². The summed E-state index contributed by atoms with van der Waals surface area (Å²) in [6.45, 7) is 2.94. The molecule has 1 aliphatic heterocycles. The highest BCUT2D eigenvalue weighted by Gasteiger charge is 2.24. The van der Waals surface area contributed by atoms with Crippen LogP contribution in [-0.4, -0.2) is 28.3 Å². The first-order valence-corrected chi connectivity index (χ1v) is 7.38. The molecular formula is C16H21ClN4O. The summed E-state index contributed by atoms with van der Waals surface area (Å²) in [6, 6.07) is 9.79. The number of rotatable bonds is 4. The maximum absolute atomic E-state index is 12.2. The van der Waals surface area contributed by atoms with Crippen LogP contribution in [0.15, 0.2) is 42.7 Å². The second kappa shape index (κ2) is 7.42. The molecule has 1 fully saturated rings. The van der Waals surface area contributed by atoms with Crippen LogP contribution in [0.4, 0.5) is 0 Å². The molecule has 0 bridgehead atoms. The molecule has 22 heavy (non-hydrogen) atoms. The predicted octanol–water partition coefficient (Wildman–Crippen LogP) is 2.22. The fourth-order valence-electron chi connectivity index (χ4n) is 2.77. The van der Waals surface area contributed by atoms with Gasteiger partial charge in [0.25, 0.3) is 0 Å². The highest BCUT2D eigenvalue weighted by Crippen LogP contribution is 2.21. The van der Waals surface area contributed by atoms with Gasteiger partial charge in [-0.2, -0.15) is 5.10 Å². The Morgan fingerprint density at radius 2 is 2.23 bits per heavy atom. The van der Waals surface area contributed by atoms with Crippen molar-refractivity contribution in [2.24, 2.45) is 0 Å². The Labute approximate surface area is 136 Å². The Balaban J connectivity index is 0.00000176. The van der Waals surface area contributed by atoms with Crippen molar-refractivity contribution in [3.8, 4) is 5.69 Å². The van der Waals surface area contributed by atoms with Crippen LogP contribution in [-0.2, 0) is 4.79 Å². The lowest BCUT2D eigenvalue weighted by molar-refractivity contribution is -0.123. The third kappa shape index (κ3) is 3.48. The van der Waals surface area contributed by atoms with E-state index in [0.29, 0.717) is 0 Å². The van der Waals surface area contributed by atoms with Crippen LogP contribution in [0.3, 0.4) is 0 Å². The number of carbonyl (C=O) groups is 1. The zero-order chi connectivity index (χ0) is 14.7. The molecule has 2 N–H and O–H groups in total. The average Bonchev–Trinajstić information content (AvgIpc) is 3.20. The van der Waals surface area contributed by atoms with Crippen LogP contribution in [0, 0.1) is 0 Å². The zero-order valence-electron chi connectivity index (χ0n) is 12.5. The topological polar surface area (TPSA) is 59.0 Å². The Hall–Kier alpha value is -1.85. The Bertz CT molecular complexity index is 608. The zero-order valence-corrected chi connectivity index (χ0v) is 13.3. The number of amides is 1. The number of halogens is 1. The molecule has 1 aromatic heterocycles. The van der Waals surface area contributed by atoms with Crippen molar-refractivity contribution in [1.29, 1.82) is 0 Å². The molecule has 0 saturated carbocycles. The molecule has 2 aromatic rings. The first kappa shape index (κ1) is 16.5. The number of aromatic nitrogens is 2. The molecule has 0 aliphatic carbocycles. The lowest BCUT2D eigenvalue weighted by atomic mass is 10.1. The summed E-state index contributed by atoms with van der Waals surface area (Å²) in [4.78, 5) is 12.2. The molecule has 2 unspecified atom stereocenters. The number of hydrogen-bond acceptors (Lipinski definition) is 3. The number of nitrogens with zero attached hydrogens (tertiary/aromatic N) is 2. The van der Waals surface area contributed by atoms with Crippen molar-refractivity contribution in [3.05, 3.63) is 48.3 Å². The molecule has 1 amide bonds. The molecule has 0 spiro atoms. The van der Waals surface area contributed by atoms with Gasteiger partial charge in [0.15, 0.2) is 0 Å². The highest BCUT2D eigenvalue weighted by molar-refractivity contribution is 5.85. The standard InChI is InChI=1S/C16H20N4O.ClH/c1-12(19-16(21)14-7-4-9-17-14)13-6-2-3-8-15(13)20-11-5-10-18-20;/h2-3,5-6,8,10-12,14,17H,4,7,9H2,1H3,(H,19,21);1H. The molecule has 0 radical (unpaired) electrons. The maximum Gasteiger partial charge on any atom is 0.237 e. The van der Waals surface area contributed by atoms with Crippen molar-refractivity contribution in [2.75, 3.05) is 6.54 Å². The van der Waals surface area contributed by atoms with Gasteiger partial charge in [0.05, 0.1) is 17.8 Å². The first-order valence-electron chi connectivity index (χ1n) is 7.38. The van der Waals surface area contributed by atoms with E-state index < -0.39 is 0 Å². The predicted molar refractivity (Wildman–Crippen MR) is 88.4 cm³/mol. The summed E-state index contributed by atoms with van der Waals surface area (Å²) in [5, 5.41) is 10.6. The van der Waals surface area contributed by atoms with E-state index in [0.717, 1.165) is 30.6 Å². The van der Waals surface area contributed by atoms with Gasteiger partial charge >= 0.3 is 0 Å². The van der Waals surface area contributed by atoms with Gasteiger partial charge in [-0.05, 0) is 44.0 Å². The third-order valence-electron chi connectivity index (χ3n) is 3.89. The largest absolute Gasteiger partial charge is 0.348 e. The maximum atomic E-state index is 12.2. The van der Waals surface area contributed by atoms with Gasteiger partial charge in [-0.15, -0.1) is 12.4 Å². The van der Waals surface area contributed by atoms with E-state index in [1.807, 2.05) is 48.1 Å². The third-order valence-corrected chi connectivity index (χ3v) is 3.89. The smallest absolute Gasteiger partial charge is 0.237 e. The van der Waals surface area contributed by atoms with Crippen LogP contribution in [0.1, 0.15) is 31.4 Å². The van der Waals surface area contributed by atoms with E-state index in [1.54, 1.807) is 6.20 Å². The minimum absolute atomic E-state index is 0. The van der Waals surface area contributed by atoms with Crippen molar-refractivity contribution in [2.45, 2.75) is 31.8 Å². The Kier molecular flexibility index (Phi) is 5.57. The minimum atomic E-state index is -0.0553. The van der Waals surface area contributed by atoms with E-state index in [1.165, 1.54) is 0 Å². The molecule has 5 nitrogen and oxygen atoms in total. The van der Waals surface area contributed by atoms with E-state index in [4.69, 9.17) is 0 Å². The molecule has 6 heteroatoms. The second-order valence-electron chi connectivity index (χ2n) is 5.39. The van der Waals surface area contributed by atoms with Crippen molar-refractivity contribution >= 4 is 18.3 Å². The van der Waals surface area contributed by atoms with Crippen LogP contribution in [0.2, 0.25) is 0 Å². The van der Waals surface area contributed by atoms with E-state index in [-0.39, 0.29) is 30.4 Å². The molecule has 2 heterocycles. The number of carbonyl (C=O) groups excluding carboxylic acids is 1. The fraction of sp³-hybridized carbons (Fsp3) is 0.375. The summed E-state index contributed by atoms with van der Waals surface area (Å²) in [6.07, 6.45) is 5.64. The number of hydrogen-bond donors (Lipinski definition) is 2. The summed E-state index contributed by atoms with van der Waals surface area (Å²) in [5.74, 6) is 0.0790. The van der Waals surface area contributed by atoms with Crippen LogP contribution >= 0.6 is 12.4 Å². The molecule has 1 saturated heterocycles. The van der Waals surface area contributed by atoms with Gasteiger partial charge < -0.3 is 10.6 Å². The number of para-hydroxylation sites is 1. The lowest BCUT2D eigenvalue weighted by Crippen LogP contribution is -2.41. The number of nitrogens with one attached hydrogen (secondary N) is 2. The van der Waals surface area contributed by atoms with Gasteiger partial charge in [0, 0.05) is 12.4 Å². The van der Waals surface area contributed by atoms with Gasteiger partial charge in [-0.25, -0.2) is 4.68 Å². The molecule has 2 atom stereocenters. The minimum Gasteiger partial charge on any atom is -0.348 e. The molecular weight excluding hydrogens is 300 g/mol. The van der Waals surface area contributed by atoms with E-state index >= 15 is 0 Å². The summed E-state index contributed by atoms with van der Waals surface area (Å²) in [7, 11) is 0. The Morgan fingerprint density at radius 1 is 1.41 bits per heavy atom. The summed E-state index contributed by atoms with van der Waals surface area (Å²) < 4.78 is 1.83. The molecule has 3 rings (SSSR count). The molecule has 1 aliphatic rings. The molecule has 118 valence electrons. The quantitative estimate of drug-likeness (QED) is 0.908. The van der Waals surface area contributed by atoms with Crippen LogP contribution in [0.25, 0.3) is 5.69 Å². The second-order valence-corrected chi connectivity index (χ2v) is 5.39. The van der Waals surface area contributed by atoms with Gasteiger partial charge in [-0.3, -0.25) is 4.79 Å². The van der Waals surface area contributed by atoms with Crippen molar-refractivity contribution < 1.29 is 4.79 Å². The number of benzene rings is 1. The van der Waals surface area contributed by atoms with Crippen LogP contribution in [0.5, 0.6) is 0 Å². The van der Waals surface area contributed by atoms with Crippen molar-refractivity contribution in [3.63, 3.8) is 0 Å². The van der Waals surface area contributed by atoms with E-state index in [9.17, 15) is 4.79 Å². The first-order chi connectivity index (χ1) is 10.3. The summed E-state index contributed by atoms with van der Waals surface area (Å²) in [5.41, 5.74) is 2.06. The summed E-state index contributed by atoms with van der Waals surface area (Å²) >= 11 is 0. The SMILES string of the molecule is CC(NC(=O)C1CCCN1)c1ccccc1-n1cccn1.Cl. The molecule has 1 aromatic carbocycles. The Morgan fingerprint density at radius 3 is 2.91 bits per heavy atom. The fourth-order valence-corrected chi connectivity index (χ4v) is 2.77. The van der Waals surface area contributed by atoms with Gasteiger partial charge in [0.1, 0.15) is 0 Å². The average molecular weight is 321 g/mol. The lowest BCUT2D eigenvalue weighted by Gasteiger charge is -2.20. The monoisotopic (exact) mass is 320 g/mol. The van der Waals surface area contributed by atoms with Gasteiger partial charge in [-0.1, -0.05) is 18.2 Å². The normalized spacial score (nSPS) is 18.5. The van der Waals surface area contributed by atoms with E-state index in [2.05, 4.69) is 15.7 Å².